The van der Waals surface area contributed by atoms with Gasteiger partial charge in [0, 0.05) is 31.8 Å². The first-order valence-corrected chi connectivity index (χ1v) is 12.9. The van der Waals surface area contributed by atoms with E-state index in [2.05, 4.69) is 29.6 Å². The Labute approximate surface area is 220 Å². The molecule has 37 heavy (non-hydrogen) atoms. The second-order valence-electron chi connectivity index (χ2n) is 9.19. The van der Waals surface area contributed by atoms with Gasteiger partial charge in [-0.1, -0.05) is 121 Å². The van der Waals surface area contributed by atoms with Crippen molar-refractivity contribution in [1.29, 1.82) is 0 Å². The van der Waals surface area contributed by atoms with E-state index in [0.29, 0.717) is 19.5 Å². The van der Waals surface area contributed by atoms with Crippen LogP contribution in [0, 0.1) is 0 Å². The molecule has 4 heteroatoms. The van der Waals surface area contributed by atoms with E-state index >= 15 is 0 Å². The molecule has 4 aromatic rings. The molecule has 1 N–H and O–H groups in total. The van der Waals surface area contributed by atoms with Gasteiger partial charge in [0.05, 0.1) is 0 Å². The lowest BCUT2D eigenvalue weighted by molar-refractivity contribution is -0.141. The number of carbonyl (C=O) groups excluding carboxylic acids is 2. The predicted molar refractivity (Wildman–Crippen MR) is 149 cm³/mol. The van der Waals surface area contributed by atoms with E-state index in [4.69, 9.17) is 0 Å². The Bertz CT molecular complexity index is 1210. The van der Waals surface area contributed by atoms with Crippen LogP contribution in [0.15, 0.2) is 121 Å². The molecule has 188 valence electrons. The van der Waals surface area contributed by atoms with Crippen molar-refractivity contribution in [3.8, 4) is 0 Å². The molecule has 0 unspecified atom stereocenters. The zero-order valence-electron chi connectivity index (χ0n) is 21.3. The maximum Gasteiger partial charge on any atom is 0.243 e. The number of carbonyl (C=O) groups is 2. The van der Waals surface area contributed by atoms with E-state index in [1.165, 1.54) is 0 Å². The molecule has 4 nitrogen and oxygen atoms in total. The fourth-order valence-electron chi connectivity index (χ4n) is 4.72. The standard InChI is InChI=1S/C33H34N2O2/c1-2-34-33(37)31(23-26-15-7-3-8-16-26)35(25-27-17-9-4-10-18-27)32(36)24-30(28-19-11-5-12-20-28)29-21-13-6-14-22-29/h3-22,30-31H,2,23-25H2,1H3,(H,34,37)/t31-/m1/s1. The van der Waals surface area contributed by atoms with Gasteiger partial charge in [-0.3, -0.25) is 9.59 Å². The zero-order chi connectivity index (χ0) is 25.9. The molecule has 0 aliphatic rings. The highest BCUT2D eigenvalue weighted by Gasteiger charge is 2.32. The van der Waals surface area contributed by atoms with Crippen LogP contribution in [0.1, 0.15) is 41.5 Å². The summed E-state index contributed by atoms with van der Waals surface area (Å²) in [7, 11) is 0. The van der Waals surface area contributed by atoms with Gasteiger partial charge in [0.2, 0.25) is 11.8 Å². The molecule has 0 fully saturated rings. The predicted octanol–water partition coefficient (Wildman–Crippen LogP) is 5.98. The fourth-order valence-corrected chi connectivity index (χ4v) is 4.72. The molecule has 0 radical (unpaired) electrons. The number of hydrogen-bond donors (Lipinski definition) is 1. The third-order valence-electron chi connectivity index (χ3n) is 6.60. The zero-order valence-corrected chi connectivity index (χ0v) is 21.3. The van der Waals surface area contributed by atoms with Crippen molar-refractivity contribution in [2.45, 2.75) is 38.3 Å². The topological polar surface area (TPSA) is 49.4 Å². The minimum atomic E-state index is -0.623. The van der Waals surface area contributed by atoms with Crippen molar-refractivity contribution in [1.82, 2.24) is 10.2 Å². The number of nitrogens with one attached hydrogen (secondary N) is 1. The Balaban J connectivity index is 1.71. The lowest BCUT2D eigenvalue weighted by Crippen LogP contribution is -2.50. The van der Waals surface area contributed by atoms with Gasteiger partial charge in [-0.05, 0) is 29.2 Å². The number of hydrogen-bond acceptors (Lipinski definition) is 2. The van der Waals surface area contributed by atoms with Crippen molar-refractivity contribution in [3.05, 3.63) is 144 Å². The summed E-state index contributed by atoms with van der Waals surface area (Å²) in [6, 6.07) is 39.4. The van der Waals surface area contributed by atoms with E-state index in [-0.39, 0.29) is 24.2 Å². The van der Waals surface area contributed by atoms with E-state index in [1.807, 2.05) is 104 Å². The van der Waals surface area contributed by atoms with E-state index < -0.39 is 6.04 Å². The largest absolute Gasteiger partial charge is 0.355 e. The summed E-state index contributed by atoms with van der Waals surface area (Å²) in [5.41, 5.74) is 4.18. The van der Waals surface area contributed by atoms with Gasteiger partial charge in [-0.25, -0.2) is 0 Å². The van der Waals surface area contributed by atoms with Gasteiger partial charge < -0.3 is 10.2 Å². The number of nitrogens with zero attached hydrogens (tertiary/aromatic N) is 1. The molecule has 2 amide bonds. The van der Waals surface area contributed by atoms with Crippen LogP contribution in [0.5, 0.6) is 0 Å². The van der Waals surface area contributed by atoms with Crippen LogP contribution in [-0.2, 0) is 22.6 Å². The van der Waals surface area contributed by atoms with Crippen LogP contribution in [0.25, 0.3) is 0 Å². The maximum atomic E-state index is 14.2. The SMILES string of the molecule is CCNC(=O)[C@@H](Cc1ccccc1)N(Cc1ccccc1)C(=O)CC(c1ccccc1)c1ccccc1. The van der Waals surface area contributed by atoms with Gasteiger partial charge in [0.15, 0.2) is 0 Å². The monoisotopic (exact) mass is 490 g/mol. The number of rotatable bonds is 11. The van der Waals surface area contributed by atoms with Crippen LogP contribution >= 0.6 is 0 Å². The first kappa shape index (κ1) is 25.9. The van der Waals surface area contributed by atoms with Crippen LogP contribution in [0.4, 0.5) is 0 Å². The third kappa shape index (κ3) is 7.17. The summed E-state index contributed by atoms with van der Waals surface area (Å²) in [6.07, 6.45) is 0.720. The van der Waals surface area contributed by atoms with Crippen LogP contribution in [-0.4, -0.2) is 29.3 Å². The molecule has 1 atom stereocenters. The molecule has 0 aromatic heterocycles. The second-order valence-corrected chi connectivity index (χ2v) is 9.19. The number of likely N-dealkylation sites (N-methyl/N-ethyl adjacent to an activating group) is 1. The first-order chi connectivity index (χ1) is 18.2. The lowest BCUT2D eigenvalue weighted by atomic mass is 9.87. The summed E-state index contributed by atoms with van der Waals surface area (Å²) in [5.74, 6) is -0.292. The van der Waals surface area contributed by atoms with Crippen molar-refractivity contribution >= 4 is 11.8 Å². The summed E-state index contributed by atoms with van der Waals surface area (Å²) in [6.45, 7) is 2.78. The highest BCUT2D eigenvalue weighted by molar-refractivity contribution is 5.88. The summed E-state index contributed by atoms with van der Waals surface area (Å²) >= 11 is 0. The van der Waals surface area contributed by atoms with Crippen molar-refractivity contribution in [2.24, 2.45) is 0 Å². The average Bonchev–Trinajstić information content (AvgIpc) is 2.95. The van der Waals surface area contributed by atoms with Crippen molar-refractivity contribution in [3.63, 3.8) is 0 Å². The Kier molecular flexibility index (Phi) is 9.25. The van der Waals surface area contributed by atoms with Gasteiger partial charge in [0.1, 0.15) is 6.04 Å². The highest BCUT2D eigenvalue weighted by Crippen LogP contribution is 2.29. The minimum absolute atomic E-state index is 0.0475. The molecule has 0 spiro atoms. The van der Waals surface area contributed by atoms with Crippen molar-refractivity contribution in [2.75, 3.05) is 6.54 Å². The summed E-state index contributed by atoms with van der Waals surface area (Å²) in [5, 5.41) is 2.97. The third-order valence-corrected chi connectivity index (χ3v) is 6.60. The molecule has 4 rings (SSSR count). The molecule has 4 aromatic carbocycles. The Morgan fingerprint density at radius 2 is 1.14 bits per heavy atom. The second kappa shape index (κ2) is 13.2. The smallest absolute Gasteiger partial charge is 0.243 e. The molecule has 0 bridgehead atoms. The lowest BCUT2D eigenvalue weighted by Gasteiger charge is -2.33. The van der Waals surface area contributed by atoms with Crippen LogP contribution in [0.3, 0.4) is 0 Å². The van der Waals surface area contributed by atoms with Gasteiger partial charge in [0.25, 0.3) is 0 Å². The molecular weight excluding hydrogens is 456 g/mol. The minimum Gasteiger partial charge on any atom is -0.355 e. The molecule has 0 aliphatic heterocycles. The normalized spacial score (nSPS) is 11.6. The quantitative estimate of drug-likeness (QED) is 0.281. The maximum absolute atomic E-state index is 14.2. The molecule has 0 saturated carbocycles. The Morgan fingerprint density at radius 1 is 0.676 bits per heavy atom. The van der Waals surface area contributed by atoms with Crippen molar-refractivity contribution < 1.29 is 9.59 Å². The summed E-state index contributed by atoms with van der Waals surface area (Å²) in [4.78, 5) is 29.4. The first-order valence-electron chi connectivity index (χ1n) is 12.9. The Morgan fingerprint density at radius 3 is 1.62 bits per heavy atom. The van der Waals surface area contributed by atoms with E-state index in [1.54, 1.807) is 4.90 Å². The summed E-state index contributed by atoms with van der Waals surface area (Å²) < 4.78 is 0. The average molecular weight is 491 g/mol. The van der Waals surface area contributed by atoms with Crippen LogP contribution < -0.4 is 5.32 Å². The van der Waals surface area contributed by atoms with Gasteiger partial charge in [-0.15, -0.1) is 0 Å². The van der Waals surface area contributed by atoms with E-state index in [0.717, 1.165) is 22.3 Å². The van der Waals surface area contributed by atoms with Gasteiger partial charge in [-0.2, -0.15) is 0 Å². The molecule has 0 saturated heterocycles. The molecule has 0 aliphatic carbocycles. The molecular formula is C33H34N2O2. The van der Waals surface area contributed by atoms with Crippen LogP contribution in [0.2, 0.25) is 0 Å². The van der Waals surface area contributed by atoms with E-state index in [9.17, 15) is 9.59 Å². The van der Waals surface area contributed by atoms with Gasteiger partial charge >= 0.3 is 0 Å². The molecule has 0 heterocycles. The highest BCUT2D eigenvalue weighted by atomic mass is 16.2. The fraction of sp³-hybridized carbons (Fsp3) is 0.212. The number of benzene rings is 4. The number of amides is 2. The Hall–Kier alpha value is -4.18.